The van der Waals surface area contributed by atoms with Crippen LogP contribution in [0.5, 0.6) is 0 Å². The molecule has 0 aliphatic carbocycles. The minimum atomic E-state index is 0.672. The Morgan fingerprint density at radius 2 is 1.75 bits per heavy atom. The highest BCUT2D eigenvalue weighted by Gasteiger charge is 1.89. The Labute approximate surface area is 99.6 Å². The lowest BCUT2D eigenvalue weighted by atomic mass is 10.2. The van der Waals surface area contributed by atoms with Crippen LogP contribution in [0.25, 0.3) is 0 Å². The van der Waals surface area contributed by atoms with E-state index in [0.29, 0.717) is 6.54 Å². The first kappa shape index (κ1) is 10.8. The molecule has 0 spiro atoms. The van der Waals surface area contributed by atoms with Crippen LogP contribution >= 0.6 is 11.6 Å². The molecule has 2 aromatic rings. The second-order valence-electron chi connectivity index (χ2n) is 3.38. The van der Waals surface area contributed by atoms with Crippen molar-refractivity contribution in [2.24, 2.45) is 4.99 Å². The number of rotatable bonds is 3. The van der Waals surface area contributed by atoms with E-state index in [1.807, 2.05) is 42.6 Å². The molecule has 2 rings (SSSR count). The van der Waals surface area contributed by atoms with Crippen LogP contribution in [0.15, 0.2) is 53.8 Å². The van der Waals surface area contributed by atoms with Crippen LogP contribution in [0.3, 0.4) is 0 Å². The van der Waals surface area contributed by atoms with Gasteiger partial charge in [0.05, 0.1) is 6.54 Å². The van der Waals surface area contributed by atoms with Gasteiger partial charge in [0.2, 0.25) is 0 Å². The largest absolute Gasteiger partial charge is 0.288 e. The zero-order chi connectivity index (χ0) is 11.2. The van der Waals surface area contributed by atoms with Crippen LogP contribution in [0.2, 0.25) is 5.02 Å². The molecule has 0 aliphatic heterocycles. The molecule has 0 bridgehead atoms. The summed E-state index contributed by atoms with van der Waals surface area (Å²) in [5, 5.41) is 0.742. The predicted molar refractivity (Wildman–Crippen MR) is 67.0 cm³/mol. The molecule has 0 amide bonds. The number of benzene rings is 1. The molecule has 0 atom stereocenters. The average Bonchev–Trinajstić information content (AvgIpc) is 2.33. The third-order valence-electron chi connectivity index (χ3n) is 2.13. The van der Waals surface area contributed by atoms with Gasteiger partial charge in [-0.15, -0.1) is 0 Å². The van der Waals surface area contributed by atoms with E-state index in [9.17, 15) is 0 Å². The average molecular weight is 231 g/mol. The Bertz CT molecular complexity index is 463. The van der Waals surface area contributed by atoms with Crippen LogP contribution in [-0.4, -0.2) is 11.2 Å². The van der Waals surface area contributed by atoms with Crippen LogP contribution < -0.4 is 0 Å². The molecule has 2 nitrogen and oxygen atoms in total. The Kier molecular flexibility index (Phi) is 3.67. The lowest BCUT2D eigenvalue weighted by Gasteiger charge is -1.95. The zero-order valence-electron chi connectivity index (χ0n) is 8.68. The molecule has 0 saturated carbocycles. The first-order valence-electron chi connectivity index (χ1n) is 4.99. The van der Waals surface area contributed by atoms with E-state index >= 15 is 0 Å². The standard InChI is InChI=1S/C13H11ClN2/c14-13-3-1-11(2-4-13)9-16-10-12-5-7-15-8-6-12/h1-9H,10H2. The Morgan fingerprint density at radius 3 is 2.44 bits per heavy atom. The maximum atomic E-state index is 5.79. The van der Waals surface area contributed by atoms with Crippen molar-refractivity contribution in [1.29, 1.82) is 0 Å². The number of nitrogens with zero attached hydrogens (tertiary/aromatic N) is 2. The Balaban J connectivity index is 1.98. The van der Waals surface area contributed by atoms with Gasteiger partial charge < -0.3 is 0 Å². The number of aromatic nitrogens is 1. The van der Waals surface area contributed by atoms with Crippen LogP contribution in [0.4, 0.5) is 0 Å². The van der Waals surface area contributed by atoms with Gasteiger partial charge in [-0.2, -0.15) is 0 Å². The molecule has 0 fully saturated rings. The number of hydrogen-bond acceptors (Lipinski definition) is 2. The van der Waals surface area contributed by atoms with E-state index in [4.69, 9.17) is 11.6 Å². The van der Waals surface area contributed by atoms with E-state index in [1.54, 1.807) is 12.4 Å². The summed E-state index contributed by atoms with van der Waals surface area (Å²) in [5.41, 5.74) is 2.21. The molecule has 0 saturated heterocycles. The quantitative estimate of drug-likeness (QED) is 0.743. The predicted octanol–water partition coefficient (Wildman–Crippen LogP) is 3.35. The van der Waals surface area contributed by atoms with Crippen molar-refractivity contribution in [2.75, 3.05) is 0 Å². The Hall–Kier alpha value is -1.67. The van der Waals surface area contributed by atoms with E-state index in [0.717, 1.165) is 16.1 Å². The zero-order valence-corrected chi connectivity index (χ0v) is 9.43. The van der Waals surface area contributed by atoms with Gasteiger partial charge >= 0.3 is 0 Å². The molecule has 0 unspecified atom stereocenters. The summed E-state index contributed by atoms with van der Waals surface area (Å²) < 4.78 is 0. The van der Waals surface area contributed by atoms with E-state index < -0.39 is 0 Å². The monoisotopic (exact) mass is 230 g/mol. The third-order valence-corrected chi connectivity index (χ3v) is 2.39. The lowest BCUT2D eigenvalue weighted by molar-refractivity contribution is 1.06. The van der Waals surface area contributed by atoms with Gasteiger partial charge in [-0.05, 0) is 35.4 Å². The van der Waals surface area contributed by atoms with Gasteiger partial charge in [-0.1, -0.05) is 23.7 Å². The van der Waals surface area contributed by atoms with Gasteiger partial charge in [0.25, 0.3) is 0 Å². The Morgan fingerprint density at radius 1 is 1.06 bits per heavy atom. The van der Waals surface area contributed by atoms with Crippen LogP contribution in [0.1, 0.15) is 11.1 Å². The summed E-state index contributed by atoms with van der Waals surface area (Å²) in [6, 6.07) is 11.5. The molecular formula is C13H11ClN2. The summed E-state index contributed by atoms with van der Waals surface area (Å²) in [6.45, 7) is 0.672. The topological polar surface area (TPSA) is 25.2 Å². The fraction of sp³-hybridized carbons (Fsp3) is 0.0769. The van der Waals surface area contributed by atoms with Gasteiger partial charge in [-0.3, -0.25) is 9.98 Å². The molecule has 16 heavy (non-hydrogen) atoms. The molecule has 0 radical (unpaired) electrons. The molecule has 1 aromatic carbocycles. The molecule has 1 heterocycles. The fourth-order valence-corrected chi connectivity index (χ4v) is 1.42. The van der Waals surface area contributed by atoms with Gasteiger partial charge in [0.15, 0.2) is 0 Å². The fourth-order valence-electron chi connectivity index (χ4n) is 1.29. The van der Waals surface area contributed by atoms with Gasteiger partial charge in [-0.25, -0.2) is 0 Å². The highest BCUT2D eigenvalue weighted by atomic mass is 35.5. The highest BCUT2D eigenvalue weighted by molar-refractivity contribution is 6.30. The molecule has 3 heteroatoms. The van der Waals surface area contributed by atoms with Crippen molar-refractivity contribution < 1.29 is 0 Å². The van der Waals surface area contributed by atoms with E-state index in [1.165, 1.54) is 0 Å². The van der Waals surface area contributed by atoms with Gasteiger partial charge in [0.1, 0.15) is 0 Å². The third kappa shape index (κ3) is 3.17. The molecule has 0 N–H and O–H groups in total. The van der Waals surface area contributed by atoms with E-state index in [2.05, 4.69) is 9.98 Å². The minimum Gasteiger partial charge on any atom is -0.288 e. The number of aliphatic imine (C=N–C) groups is 1. The lowest BCUT2D eigenvalue weighted by Crippen LogP contribution is -1.84. The summed E-state index contributed by atoms with van der Waals surface area (Å²) in [6.07, 6.45) is 5.39. The molecule has 0 aliphatic rings. The summed E-state index contributed by atoms with van der Waals surface area (Å²) in [5.74, 6) is 0. The van der Waals surface area contributed by atoms with Crippen LogP contribution in [0, 0.1) is 0 Å². The van der Waals surface area contributed by atoms with Crippen molar-refractivity contribution in [2.45, 2.75) is 6.54 Å². The summed E-state index contributed by atoms with van der Waals surface area (Å²) >= 11 is 5.79. The van der Waals surface area contributed by atoms with Crippen LogP contribution in [-0.2, 0) is 6.54 Å². The van der Waals surface area contributed by atoms with E-state index in [-0.39, 0.29) is 0 Å². The first-order valence-corrected chi connectivity index (χ1v) is 5.37. The summed E-state index contributed by atoms with van der Waals surface area (Å²) in [7, 11) is 0. The summed E-state index contributed by atoms with van der Waals surface area (Å²) in [4.78, 5) is 8.30. The molecule has 1 aromatic heterocycles. The van der Waals surface area contributed by atoms with Crippen molar-refractivity contribution in [3.05, 3.63) is 64.9 Å². The van der Waals surface area contributed by atoms with Crippen molar-refractivity contribution in [3.8, 4) is 0 Å². The van der Waals surface area contributed by atoms with Crippen molar-refractivity contribution >= 4 is 17.8 Å². The smallest absolute Gasteiger partial charge is 0.0641 e. The molecule has 80 valence electrons. The highest BCUT2D eigenvalue weighted by Crippen LogP contribution is 2.08. The first-order chi connectivity index (χ1) is 7.84. The maximum Gasteiger partial charge on any atom is 0.0641 e. The number of pyridine rings is 1. The second-order valence-corrected chi connectivity index (χ2v) is 3.81. The van der Waals surface area contributed by atoms with Crippen molar-refractivity contribution in [1.82, 2.24) is 4.98 Å². The SMILES string of the molecule is Clc1ccc(C=NCc2ccncc2)cc1. The normalized spacial score (nSPS) is 10.8. The number of halogens is 1. The minimum absolute atomic E-state index is 0.672. The maximum absolute atomic E-state index is 5.79. The second kappa shape index (κ2) is 5.42. The number of hydrogen-bond donors (Lipinski definition) is 0. The van der Waals surface area contributed by atoms with Gasteiger partial charge in [0, 0.05) is 23.6 Å². The van der Waals surface area contributed by atoms with Crippen molar-refractivity contribution in [3.63, 3.8) is 0 Å². The molecular weight excluding hydrogens is 220 g/mol.